The summed E-state index contributed by atoms with van der Waals surface area (Å²) in [7, 11) is 0. The van der Waals surface area contributed by atoms with Gasteiger partial charge in [0.25, 0.3) is 0 Å². The molecule has 0 N–H and O–H groups in total. The number of hydrogen-bond acceptors (Lipinski definition) is 4. The zero-order valence-corrected chi connectivity index (χ0v) is 21.3. The molecule has 4 nitrogen and oxygen atoms in total. The van der Waals surface area contributed by atoms with Crippen molar-refractivity contribution in [2.24, 2.45) is 10.2 Å². The fourth-order valence-corrected chi connectivity index (χ4v) is 4.23. The molecule has 0 unspecified atom stereocenters. The standard InChI is InChI=1S/C34H30N4/c1-27-12-9-16-31(27)23-35-37(33-18-5-3-6-19-33)25-29-14-11-15-30(22-29)26-38(34-20-7-4-8-21-34)36-24-32-17-10-13-28(32)2/h3-24H,1-2,25-26H2/b35-23+,36-24+. The summed E-state index contributed by atoms with van der Waals surface area (Å²) in [5.41, 5.74) is 8.36. The predicted molar refractivity (Wildman–Crippen MR) is 161 cm³/mol. The first-order valence-electron chi connectivity index (χ1n) is 12.6. The summed E-state index contributed by atoms with van der Waals surface area (Å²) >= 11 is 0. The predicted octanol–water partition coefficient (Wildman–Crippen LogP) is 7.78. The maximum atomic E-state index is 4.83. The summed E-state index contributed by atoms with van der Waals surface area (Å²) in [5.74, 6) is 0. The van der Waals surface area contributed by atoms with Crippen molar-refractivity contribution in [3.05, 3.63) is 168 Å². The molecule has 0 heterocycles. The van der Waals surface area contributed by atoms with Crippen molar-refractivity contribution >= 4 is 23.8 Å². The molecule has 38 heavy (non-hydrogen) atoms. The van der Waals surface area contributed by atoms with Gasteiger partial charge in [0.05, 0.1) is 36.9 Å². The maximum Gasteiger partial charge on any atom is 0.0666 e. The number of hydrogen-bond donors (Lipinski definition) is 0. The van der Waals surface area contributed by atoms with Crippen LogP contribution in [0, 0.1) is 0 Å². The Morgan fingerprint density at radius 1 is 0.579 bits per heavy atom. The SMILES string of the molecule is C=C1C=CC=C1/C=N/N(Cc1cccc(CN(/N=C/C2=CC=CC2=C)c2ccccc2)c1)c1ccccc1. The van der Waals surface area contributed by atoms with Crippen molar-refractivity contribution in [3.8, 4) is 0 Å². The molecule has 4 heteroatoms. The van der Waals surface area contributed by atoms with Crippen LogP contribution < -0.4 is 10.0 Å². The largest absolute Gasteiger partial charge is 0.261 e. The van der Waals surface area contributed by atoms with Gasteiger partial charge in [-0.3, -0.25) is 10.0 Å². The third-order valence-electron chi connectivity index (χ3n) is 6.32. The van der Waals surface area contributed by atoms with Crippen LogP contribution in [0.2, 0.25) is 0 Å². The van der Waals surface area contributed by atoms with Crippen molar-refractivity contribution in [3.63, 3.8) is 0 Å². The molecule has 2 aliphatic carbocycles. The van der Waals surface area contributed by atoms with E-state index in [0.717, 1.165) is 44.8 Å². The van der Waals surface area contributed by atoms with E-state index >= 15 is 0 Å². The van der Waals surface area contributed by atoms with E-state index in [2.05, 4.69) is 61.7 Å². The minimum atomic E-state index is 0.633. The van der Waals surface area contributed by atoms with Gasteiger partial charge < -0.3 is 0 Å². The lowest BCUT2D eigenvalue weighted by atomic mass is 10.1. The highest BCUT2D eigenvalue weighted by molar-refractivity contribution is 5.89. The monoisotopic (exact) mass is 494 g/mol. The summed E-state index contributed by atoms with van der Waals surface area (Å²) < 4.78 is 0. The van der Waals surface area contributed by atoms with Gasteiger partial charge in [-0.1, -0.05) is 110 Å². The molecule has 0 fully saturated rings. The fraction of sp³-hybridized carbons (Fsp3) is 0.0588. The Morgan fingerprint density at radius 2 is 1.03 bits per heavy atom. The van der Waals surface area contributed by atoms with Crippen LogP contribution >= 0.6 is 0 Å². The first kappa shape index (κ1) is 24.7. The third kappa shape index (κ3) is 6.23. The van der Waals surface area contributed by atoms with Crippen molar-refractivity contribution in [2.45, 2.75) is 13.1 Å². The van der Waals surface area contributed by atoms with Gasteiger partial charge in [-0.25, -0.2) is 0 Å². The van der Waals surface area contributed by atoms with E-state index in [1.807, 2.05) is 95.3 Å². The molecule has 186 valence electrons. The maximum absolute atomic E-state index is 4.83. The lowest BCUT2D eigenvalue weighted by Gasteiger charge is -2.22. The number of anilines is 2. The van der Waals surface area contributed by atoms with Crippen LogP contribution in [0.5, 0.6) is 0 Å². The molecule has 2 aliphatic rings. The van der Waals surface area contributed by atoms with E-state index in [0.29, 0.717) is 13.1 Å². The minimum absolute atomic E-state index is 0.633. The van der Waals surface area contributed by atoms with E-state index < -0.39 is 0 Å². The summed E-state index contributed by atoms with van der Waals surface area (Å²) in [4.78, 5) is 0. The van der Waals surface area contributed by atoms with Crippen molar-refractivity contribution in [2.75, 3.05) is 10.0 Å². The molecule has 0 bridgehead atoms. The number of nitrogens with zero attached hydrogens (tertiary/aromatic N) is 4. The van der Waals surface area contributed by atoms with Crippen LogP contribution in [0.25, 0.3) is 0 Å². The topological polar surface area (TPSA) is 31.2 Å². The first-order chi connectivity index (χ1) is 18.7. The molecule has 0 amide bonds. The second kappa shape index (κ2) is 11.8. The Balaban J connectivity index is 1.37. The number of benzene rings is 3. The van der Waals surface area contributed by atoms with Gasteiger partial charge in [0.2, 0.25) is 0 Å². The molecule has 0 spiro atoms. The minimum Gasteiger partial charge on any atom is -0.261 e. The number of para-hydroxylation sites is 2. The number of rotatable bonds is 10. The van der Waals surface area contributed by atoms with Crippen molar-refractivity contribution < 1.29 is 0 Å². The zero-order chi connectivity index (χ0) is 26.2. The van der Waals surface area contributed by atoms with Gasteiger partial charge in [-0.2, -0.15) is 10.2 Å². The van der Waals surface area contributed by atoms with Crippen LogP contribution in [-0.2, 0) is 13.1 Å². The summed E-state index contributed by atoms with van der Waals surface area (Å²) in [6, 6.07) is 29.0. The Labute approximate surface area is 224 Å². The van der Waals surface area contributed by atoms with Crippen LogP contribution in [0.15, 0.2) is 167 Å². The van der Waals surface area contributed by atoms with Gasteiger partial charge in [0.15, 0.2) is 0 Å². The fourth-order valence-electron chi connectivity index (χ4n) is 4.23. The second-order valence-electron chi connectivity index (χ2n) is 9.11. The van der Waals surface area contributed by atoms with E-state index in [-0.39, 0.29) is 0 Å². The lowest BCUT2D eigenvalue weighted by Crippen LogP contribution is -2.18. The van der Waals surface area contributed by atoms with Gasteiger partial charge >= 0.3 is 0 Å². The summed E-state index contributed by atoms with van der Waals surface area (Å²) in [6.45, 7) is 9.44. The number of allylic oxidation sites excluding steroid dienone is 10. The van der Waals surface area contributed by atoms with E-state index in [4.69, 9.17) is 10.2 Å². The molecule has 0 aliphatic heterocycles. The highest BCUT2D eigenvalue weighted by atomic mass is 15.5. The Morgan fingerprint density at radius 3 is 1.42 bits per heavy atom. The average Bonchev–Trinajstić information content (AvgIpc) is 3.57. The molecule has 0 radical (unpaired) electrons. The molecule has 3 aromatic rings. The zero-order valence-electron chi connectivity index (χ0n) is 21.3. The lowest BCUT2D eigenvalue weighted by molar-refractivity contribution is 0.839. The van der Waals surface area contributed by atoms with E-state index in [1.165, 1.54) is 0 Å². The van der Waals surface area contributed by atoms with Crippen molar-refractivity contribution in [1.82, 2.24) is 0 Å². The molecule has 0 aromatic heterocycles. The quantitative estimate of drug-likeness (QED) is 0.213. The molecular weight excluding hydrogens is 464 g/mol. The molecule has 0 saturated carbocycles. The normalized spacial score (nSPS) is 14.5. The van der Waals surface area contributed by atoms with Gasteiger partial charge in [-0.05, 0) is 46.5 Å². The van der Waals surface area contributed by atoms with Gasteiger partial charge in [0, 0.05) is 11.1 Å². The summed E-state index contributed by atoms with van der Waals surface area (Å²) in [5, 5.41) is 13.7. The van der Waals surface area contributed by atoms with Crippen LogP contribution in [0.4, 0.5) is 11.4 Å². The molecule has 3 aromatic carbocycles. The van der Waals surface area contributed by atoms with Crippen molar-refractivity contribution in [1.29, 1.82) is 0 Å². The molecule has 5 rings (SSSR count). The van der Waals surface area contributed by atoms with Gasteiger partial charge in [0.1, 0.15) is 0 Å². The van der Waals surface area contributed by atoms with Crippen LogP contribution in [0.3, 0.4) is 0 Å². The Bertz CT molecular complexity index is 1380. The Kier molecular flexibility index (Phi) is 7.71. The highest BCUT2D eigenvalue weighted by Gasteiger charge is 2.11. The smallest absolute Gasteiger partial charge is 0.0666 e. The Hall–Kier alpha value is -4.96. The molecule has 0 atom stereocenters. The van der Waals surface area contributed by atoms with Gasteiger partial charge in [-0.15, -0.1) is 0 Å². The van der Waals surface area contributed by atoms with Crippen LogP contribution in [0.1, 0.15) is 11.1 Å². The summed E-state index contributed by atoms with van der Waals surface area (Å²) in [6.07, 6.45) is 15.8. The first-order valence-corrected chi connectivity index (χ1v) is 12.6. The molecular formula is C34H30N4. The number of hydrazone groups is 2. The van der Waals surface area contributed by atoms with E-state index in [9.17, 15) is 0 Å². The average molecular weight is 495 g/mol. The third-order valence-corrected chi connectivity index (χ3v) is 6.32. The second-order valence-corrected chi connectivity index (χ2v) is 9.11. The van der Waals surface area contributed by atoms with Crippen LogP contribution in [-0.4, -0.2) is 12.4 Å². The van der Waals surface area contributed by atoms with E-state index in [1.54, 1.807) is 0 Å². The molecule has 0 saturated heterocycles. The highest BCUT2D eigenvalue weighted by Crippen LogP contribution is 2.22.